The molecule has 3 heterocycles. The summed E-state index contributed by atoms with van der Waals surface area (Å²) in [4.78, 5) is 8.71. The van der Waals surface area contributed by atoms with E-state index in [1.165, 1.54) is 54.7 Å². The lowest BCUT2D eigenvalue weighted by molar-refractivity contribution is -0.401. The van der Waals surface area contributed by atoms with Crippen LogP contribution in [-0.2, 0) is 10.8 Å². The summed E-state index contributed by atoms with van der Waals surface area (Å²) in [5, 5.41) is 0. The second kappa shape index (κ2) is 10.5. The van der Waals surface area contributed by atoms with Crippen molar-refractivity contribution in [3.63, 3.8) is 0 Å². The molecule has 0 amide bonds. The van der Waals surface area contributed by atoms with Crippen LogP contribution in [0.2, 0.25) is 0 Å². The van der Waals surface area contributed by atoms with Crippen molar-refractivity contribution >= 4 is 50.4 Å². The Balaban J connectivity index is 1.29. The Kier molecular flexibility index (Phi) is 6.87. The number of hydrogen-bond acceptors (Lipinski definition) is 4. The summed E-state index contributed by atoms with van der Waals surface area (Å²) in [7, 11) is 4.39. The Morgan fingerprint density at radius 3 is 2.33 bits per heavy atom. The monoisotopic (exact) mass is 600 g/mol. The van der Waals surface area contributed by atoms with Crippen LogP contribution >= 0.6 is 23.1 Å². The molecule has 4 aromatic rings. The number of para-hydroxylation sites is 3. The van der Waals surface area contributed by atoms with E-state index in [4.69, 9.17) is 4.98 Å². The maximum Gasteiger partial charge on any atom is 0.209 e. The molecule has 0 saturated carbocycles. The molecule has 0 unspecified atom stereocenters. The first-order valence-electron chi connectivity index (χ1n) is 15.1. The van der Waals surface area contributed by atoms with Gasteiger partial charge < -0.3 is 4.90 Å². The van der Waals surface area contributed by atoms with Crippen LogP contribution in [-0.4, -0.2) is 29.4 Å². The van der Waals surface area contributed by atoms with Crippen LogP contribution < -0.4 is 4.90 Å². The lowest BCUT2D eigenvalue weighted by atomic mass is 9.81. The van der Waals surface area contributed by atoms with Crippen molar-refractivity contribution in [1.29, 1.82) is 0 Å². The van der Waals surface area contributed by atoms with Crippen molar-refractivity contribution in [3.05, 3.63) is 130 Å². The number of thiazole rings is 1. The van der Waals surface area contributed by atoms with Gasteiger partial charge in [-0.05, 0) is 67.7 Å². The average molecular weight is 601 g/mol. The molecule has 3 aromatic carbocycles. The largest absolute Gasteiger partial charge is 0.347 e. The number of likely N-dealkylation sites (N-methyl/N-ethyl adjacent to an activating group) is 1. The van der Waals surface area contributed by atoms with Crippen molar-refractivity contribution in [1.82, 2.24) is 4.98 Å². The lowest BCUT2D eigenvalue weighted by Gasteiger charge is -2.23. The van der Waals surface area contributed by atoms with Crippen LogP contribution in [0.25, 0.3) is 10.2 Å². The van der Waals surface area contributed by atoms with Gasteiger partial charge in [0.25, 0.3) is 0 Å². The zero-order chi connectivity index (χ0) is 29.9. The Labute approximate surface area is 263 Å². The van der Waals surface area contributed by atoms with E-state index in [0.29, 0.717) is 0 Å². The van der Waals surface area contributed by atoms with E-state index >= 15 is 0 Å². The molecule has 5 heteroatoms. The second-order valence-corrected chi connectivity index (χ2v) is 15.1. The minimum atomic E-state index is -0.0436. The van der Waals surface area contributed by atoms with E-state index in [0.717, 1.165) is 22.7 Å². The number of thioether (sulfide) groups is 1. The van der Waals surface area contributed by atoms with Crippen molar-refractivity contribution in [2.75, 3.05) is 19.0 Å². The fraction of sp³-hybridized carbons (Fsp3) is 0.263. The summed E-state index contributed by atoms with van der Waals surface area (Å²) < 4.78 is 4.70. The van der Waals surface area contributed by atoms with Crippen LogP contribution in [0.1, 0.15) is 51.7 Å². The number of rotatable bonds is 5. The number of hydrogen-bond donors (Lipinski definition) is 0. The molecule has 2 aliphatic heterocycles. The highest BCUT2D eigenvalue weighted by Gasteiger charge is 2.42. The third-order valence-electron chi connectivity index (χ3n) is 9.48. The molecule has 0 saturated heterocycles. The second-order valence-electron chi connectivity index (χ2n) is 12.8. The van der Waals surface area contributed by atoms with Gasteiger partial charge in [0.05, 0.1) is 15.6 Å². The van der Waals surface area contributed by atoms with Crippen LogP contribution in [0, 0.1) is 0 Å². The van der Waals surface area contributed by atoms with Gasteiger partial charge in [0.1, 0.15) is 7.05 Å². The predicted octanol–water partition coefficient (Wildman–Crippen LogP) is 9.94. The van der Waals surface area contributed by atoms with Crippen molar-refractivity contribution < 1.29 is 4.58 Å². The normalized spacial score (nSPS) is 20.8. The molecule has 0 radical (unpaired) electrons. The Morgan fingerprint density at radius 2 is 1.56 bits per heavy atom. The van der Waals surface area contributed by atoms with E-state index in [1.54, 1.807) is 11.3 Å². The number of aromatic nitrogens is 1. The maximum absolute atomic E-state index is 5.00. The fourth-order valence-corrected chi connectivity index (χ4v) is 9.40. The molecular weight excluding hydrogens is 563 g/mol. The SMILES string of the molecule is CN1/C(=C/C=C2\CCC(/C=C/C3=[N+](C)c4ccccc4C3(C)C)=C2Sc2nc3ccccc3s2)C(C)(C)c2ccccc21. The molecule has 0 bridgehead atoms. The zero-order valence-electron chi connectivity index (χ0n) is 25.8. The molecule has 43 heavy (non-hydrogen) atoms. The molecule has 7 rings (SSSR count). The first-order chi connectivity index (χ1) is 20.7. The summed E-state index contributed by atoms with van der Waals surface area (Å²) in [6, 6.07) is 26.0. The van der Waals surface area contributed by atoms with Crippen LogP contribution in [0.4, 0.5) is 11.4 Å². The van der Waals surface area contributed by atoms with Crippen LogP contribution in [0.5, 0.6) is 0 Å². The first-order valence-corrected chi connectivity index (χ1v) is 16.7. The van der Waals surface area contributed by atoms with E-state index in [9.17, 15) is 0 Å². The number of benzene rings is 3. The van der Waals surface area contributed by atoms with Gasteiger partial charge in [-0.1, -0.05) is 86.3 Å². The summed E-state index contributed by atoms with van der Waals surface area (Å²) in [6.45, 7) is 9.35. The standard InChI is InChI=1S/C38H38N3S2/c1-37(2)27-13-7-10-16-30(27)40(5)33(37)23-21-25-19-20-26(35(25)43-36-39-29-15-9-12-18-32(29)42-36)22-24-34-38(3,4)28-14-8-11-17-31(28)41(34)6/h7-18,21-24H,19-20H2,1-6H3/q+1. The summed E-state index contributed by atoms with van der Waals surface area (Å²) >= 11 is 3.62. The first kappa shape index (κ1) is 28.1. The van der Waals surface area contributed by atoms with Gasteiger partial charge in [-0.15, -0.1) is 11.3 Å². The van der Waals surface area contributed by atoms with Crippen molar-refractivity contribution in [3.8, 4) is 0 Å². The molecule has 0 N–H and O–H groups in total. The van der Waals surface area contributed by atoms with Gasteiger partial charge in [0.15, 0.2) is 10.1 Å². The van der Waals surface area contributed by atoms with Gasteiger partial charge in [-0.2, -0.15) is 4.58 Å². The summed E-state index contributed by atoms with van der Waals surface area (Å²) in [5.74, 6) is 0. The Morgan fingerprint density at radius 1 is 0.837 bits per heavy atom. The van der Waals surface area contributed by atoms with E-state index in [-0.39, 0.29) is 10.8 Å². The molecule has 3 nitrogen and oxygen atoms in total. The van der Waals surface area contributed by atoms with Gasteiger partial charge in [-0.25, -0.2) is 4.98 Å². The smallest absolute Gasteiger partial charge is 0.209 e. The van der Waals surface area contributed by atoms with E-state index < -0.39 is 0 Å². The number of allylic oxidation sites excluding steroid dienone is 7. The Bertz CT molecular complexity index is 1900. The number of anilines is 1. The number of fused-ring (bicyclic) bond motifs is 3. The highest BCUT2D eigenvalue weighted by atomic mass is 32.2. The van der Waals surface area contributed by atoms with Gasteiger partial charge in [0, 0.05) is 46.5 Å². The third kappa shape index (κ3) is 4.65. The fourth-order valence-electron chi connectivity index (χ4n) is 7.10. The molecule has 1 aromatic heterocycles. The van der Waals surface area contributed by atoms with Gasteiger partial charge in [0.2, 0.25) is 5.69 Å². The molecule has 1 aliphatic carbocycles. The number of nitrogens with zero attached hydrogens (tertiary/aromatic N) is 3. The highest BCUT2D eigenvalue weighted by Crippen LogP contribution is 2.48. The van der Waals surface area contributed by atoms with Crippen LogP contribution in [0.3, 0.4) is 0 Å². The van der Waals surface area contributed by atoms with Crippen LogP contribution in [0.15, 0.2) is 123 Å². The molecule has 0 spiro atoms. The zero-order valence-corrected chi connectivity index (χ0v) is 27.4. The molecule has 3 aliphatic rings. The van der Waals surface area contributed by atoms with E-state index in [2.05, 4.69) is 148 Å². The predicted molar refractivity (Wildman–Crippen MR) is 185 cm³/mol. The third-order valence-corrected chi connectivity index (χ3v) is 11.8. The average Bonchev–Trinajstić information content (AvgIpc) is 3.69. The minimum Gasteiger partial charge on any atom is -0.347 e. The quantitative estimate of drug-likeness (QED) is 0.213. The van der Waals surface area contributed by atoms with E-state index in [1.807, 2.05) is 11.8 Å². The highest BCUT2D eigenvalue weighted by molar-refractivity contribution is 8.05. The van der Waals surface area contributed by atoms with Gasteiger partial charge >= 0.3 is 0 Å². The molecule has 0 fully saturated rings. The molecule has 0 atom stereocenters. The minimum absolute atomic E-state index is 0.0436. The maximum atomic E-state index is 5.00. The summed E-state index contributed by atoms with van der Waals surface area (Å²) in [5.41, 5.74) is 11.8. The van der Waals surface area contributed by atoms with Gasteiger partial charge in [-0.3, -0.25) is 0 Å². The Hall–Kier alpha value is -3.67. The molecular formula is C38H38N3S2+. The molecule has 216 valence electrons. The van der Waals surface area contributed by atoms with Crippen molar-refractivity contribution in [2.24, 2.45) is 0 Å². The van der Waals surface area contributed by atoms with Crippen molar-refractivity contribution in [2.45, 2.75) is 55.7 Å². The summed E-state index contributed by atoms with van der Waals surface area (Å²) in [6.07, 6.45) is 11.5. The lowest BCUT2D eigenvalue weighted by Crippen LogP contribution is -2.26. The topological polar surface area (TPSA) is 19.1 Å².